The summed E-state index contributed by atoms with van der Waals surface area (Å²) < 4.78 is 0. The van der Waals surface area contributed by atoms with E-state index in [-0.39, 0.29) is 19.5 Å². The molecule has 0 atom stereocenters. The quantitative estimate of drug-likeness (QED) is 0.172. The van der Waals surface area contributed by atoms with Gasteiger partial charge in [-0.1, -0.05) is 146 Å². The predicted octanol–water partition coefficient (Wildman–Crippen LogP) is 11.0. The van der Waals surface area contributed by atoms with E-state index < -0.39 is 0 Å². The van der Waals surface area contributed by atoms with Gasteiger partial charge in [0.15, 0.2) is 0 Å². The smallest absolute Gasteiger partial charge is 0.657 e. The van der Waals surface area contributed by atoms with Gasteiger partial charge in [-0.05, 0) is 75.2 Å². The largest absolute Gasteiger partial charge is 2.00 e. The number of hydrogen-bond acceptors (Lipinski definition) is 2. The summed E-state index contributed by atoms with van der Waals surface area (Å²) in [6.45, 7) is 2.14. The molecule has 50 heavy (non-hydrogen) atoms. The zero-order valence-electron chi connectivity index (χ0n) is 27.6. The molecule has 0 fully saturated rings. The van der Waals surface area contributed by atoms with Crippen LogP contribution in [0.4, 0.5) is 0 Å². The molecule has 0 saturated carbocycles. The molecule has 0 spiro atoms. The second-order valence-corrected chi connectivity index (χ2v) is 12.3. The number of rotatable bonds is 4. The first kappa shape index (κ1) is 31.4. The van der Waals surface area contributed by atoms with E-state index in [0.717, 1.165) is 94.9 Å². The molecule has 5 heterocycles. The Labute approximate surface area is 303 Å². The maximum absolute atomic E-state index is 5.41. The molecule has 2 aliphatic heterocycles. The average molecular weight is 692 g/mol. The SMILES string of the molecule is CC1=Cc2nc1c(-c1ccccc1)c1ccc([n-]1)c(-c1ccccc1)c1nc(c(-c3ccccc3)c3ccc([n-]3)c2-c2ccccc2)C=C1.[Zn+2]. The Hall–Kier alpha value is -5.90. The summed E-state index contributed by atoms with van der Waals surface area (Å²) in [6, 6.07) is 50.2. The summed E-state index contributed by atoms with van der Waals surface area (Å²) >= 11 is 0. The molecular weight excluding hydrogens is 662 g/mol. The van der Waals surface area contributed by atoms with E-state index in [4.69, 9.17) is 19.9 Å². The molecule has 4 aromatic carbocycles. The minimum atomic E-state index is 0. The summed E-state index contributed by atoms with van der Waals surface area (Å²) in [5, 5.41) is 0. The number of aromatic nitrogens is 4. The Morgan fingerprint density at radius 1 is 0.380 bits per heavy atom. The summed E-state index contributed by atoms with van der Waals surface area (Å²) in [6.07, 6.45) is 6.40. The Bertz CT molecular complexity index is 2580. The van der Waals surface area contributed by atoms with Crippen LogP contribution in [0.25, 0.3) is 90.4 Å². The van der Waals surface area contributed by atoms with Gasteiger partial charge < -0.3 is 9.97 Å². The monoisotopic (exact) mass is 690 g/mol. The number of fused-ring (bicyclic) bond motifs is 8. The van der Waals surface area contributed by atoms with Gasteiger partial charge in [-0.25, -0.2) is 9.97 Å². The number of allylic oxidation sites excluding steroid dienone is 1. The van der Waals surface area contributed by atoms with Crippen molar-refractivity contribution in [1.29, 1.82) is 0 Å². The van der Waals surface area contributed by atoms with Crippen molar-refractivity contribution >= 4 is 45.9 Å². The average Bonchev–Trinajstić information content (AvgIpc) is 3.98. The first-order valence-corrected chi connectivity index (χ1v) is 16.5. The first-order valence-electron chi connectivity index (χ1n) is 16.5. The molecule has 2 aliphatic rings. The molecule has 0 N–H and O–H groups in total. The molecule has 7 aromatic rings. The van der Waals surface area contributed by atoms with Crippen LogP contribution in [-0.2, 0) is 19.5 Å². The van der Waals surface area contributed by atoms with Crippen molar-refractivity contribution in [3.8, 4) is 44.5 Å². The van der Waals surface area contributed by atoms with Gasteiger partial charge in [0.05, 0.1) is 22.8 Å². The maximum atomic E-state index is 5.41. The van der Waals surface area contributed by atoms with E-state index in [2.05, 4.69) is 146 Å². The number of hydrogen-bond donors (Lipinski definition) is 0. The fourth-order valence-electron chi connectivity index (χ4n) is 6.92. The van der Waals surface area contributed by atoms with Crippen LogP contribution in [0.15, 0.2) is 146 Å². The third-order valence-corrected chi connectivity index (χ3v) is 9.16. The van der Waals surface area contributed by atoms with Crippen molar-refractivity contribution in [2.24, 2.45) is 0 Å². The van der Waals surface area contributed by atoms with E-state index in [1.807, 2.05) is 24.3 Å². The van der Waals surface area contributed by atoms with Crippen molar-refractivity contribution in [1.82, 2.24) is 19.9 Å². The molecule has 0 amide bonds. The molecule has 232 valence electrons. The standard InChI is InChI=1S/C45H30N4.Zn/c1-29-28-40-43(32-18-10-4-11-19-32)38-25-24-36(47-38)41(30-14-6-2-7-15-30)34-22-23-35(46-34)42(31-16-8-3-9-17-31)37-26-27-39(48-37)44(45(29)49-40)33-20-12-5-13-21-33;/h2-28H,1H3;/q-2;+2. The first-order chi connectivity index (χ1) is 24.2. The van der Waals surface area contributed by atoms with Crippen molar-refractivity contribution in [3.63, 3.8) is 0 Å². The minimum absolute atomic E-state index is 0. The van der Waals surface area contributed by atoms with Crippen LogP contribution in [-0.4, -0.2) is 9.97 Å². The third-order valence-electron chi connectivity index (χ3n) is 9.16. The molecule has 4 nitrogen and oxygen atoms in total. The zero-order chi connectivity index (χ0) is 32.7. The predicted molar refractivity (Wildman–Crippen MR) is 203 cm³/mol. The van der Waals surface area contributed by atoms with E-state index in [9.17, 15) is 0 Å². The molecule has 0 unspecified atom stereocenters. The minimum Gasteiger partial charge on any atom is -0.657 e. The van der Waals surface area contributed by atoms with Crippen LogP contribution in [0.3, 0.4) is 0 Å². The van der Waals surface area contributed by atoms with Crippen LogP contribution < -0.4 is 9.97 Å². The van der Waals surface area contributed by atoms with Crippen molar-refractivity contribution in [2.45, 2.75) is 6.92 Å². The van der Waals surface area contributed by atoms with Crippen molar-refractivity contribution in [3.05, 3.63) is 168 Å². The second kappa shape index (κ2) is 13.2. The van der Waals surface area contributed by atoms with E-state index in [0.29, 0.717) is 0 Å². The van der Waals surface area contributed by atoms with E-state index in [1.165, 1.54) is 0 Å². The van der Waals surface area contributed by atoms with Gasteiger partial charge in [0.25, 0.3) is 0 Å². The van der Waals surface area contributed by atoms with Gasteiger partial charge >= 0.3 is 19.5 Å². The molecule has 0 aliphatic carbocycles. The van der Waals surface area contributed by atoms with Gasteiger partial charge in [0, 0.05) is 0 Å². The Balaban J connectivity index is 0.00000361. The third kappa shape index (κ3) is 5.56. The summed E-state index contributed by atoms with van der Waals surface area (Å²) in [7, 11) is 0. The molecule has 3 aromatic heterocycles. The van der Waals surface area contributed by atoms with Gasteiger partial charge in [-0.3, -0.25) is 0 Å². The van der Waals surface area contributed by atoms with Crippen LogP contribution in [0.1, 0.15) is 29.7 Å². The summed E-state index contributed by atoms with van der Waals surface area (Å²) in [4.78, 5) is 21.4. The van der Waals surface area contributed by atoms with Crippen LogP contribution in [0.5, 0.6) is 0 Å². The van der Waals surface area contributed by atoms with Gasteiger partial charge in [-0.15, -0.1) is 22.1 Å². The Morgan fingerprint density at radius 2 is 0.720 bits per heavy atom. The van der Waals surface area contributed by atoms with E-state index in [1.54, 1.807) is 0 Å². The van der Waals surface area contributed by atoms with E-state index >= 15 is 0 Å². The van der Waals surface area contributed by atoms with Crippen molar-refractivity contribution in [2.75, 3.05) is 0 Å². The van der Waals surface area contributed by atoms with Gasteiger partial charge in [-0.2, -0.15) is 0 Å². The van der Waals surface area contributed by atoms with Crippen LogP contribution in [0.2, 0.25) is 0 Å². The Kier molecular flexibility index (Phi) is 8.28. The van der Waals surface area contributed by atoms with Gasteiger partial charge in [0.1, 0.15) is 0 Å². The topological polar surface area (TPSA) is 54.0 Å². The number of nitrogens with zero attached hydrogens (tertiary/aromatic N) is 4. The maximum Gasteiger partial charge on any atom is 2.00 e. The zero-order valence-corrected chi connectivity index (χ0v) is 30.6. The van der Waals surface area contributed by atoms with Crippen LogP contribution >= 0.6 is 0 Å². The molecule has 9 rings (SSSR count). The molecule has 8 bridgehead atoms. The fraction of sp³-hybridized carbons (Fsp3) is 0.0222. The summed E-state index contributed by atoms with van der Waals surface area (Å²) in [5.74, 6) is 0. The normalized spacial score (nSPS) is 12.0. The van der Waals surface area contributed by atoms with Crippen molar-refractivity contribution < 1.29 is 19.5 Å². The van der Waals surface area contributed by atoms with Crippen LogP contribution in [0, 0.1) is 0 Å². The molecule has 5 heteroatoms. The Morgan fingerprint density at radius 3 is 1.12 bits per heavy atom. The summed E-state index contributed by atoms with van der Waals surface area (Å²) in [5.41, 5.74) is 16.2. The van der Waals surface area contributed by atoms with Gasteiger partial charge in [0.2, 0.25) is 0 Å². The molecular formula is C45H30N4Zn. The molecule has 0 radical (unpaired) electrons. The molecule has 0 saturated heterocycles. The second-order valence-electron chi connectivity index (χ2n) is 12.3. The number of benzene rings is 4. The fourth-order valence-corrected chi connectivity index (χ4v) is 6.92.